The van der Waals surface area contributed by atoms with Crippen molar-refractivity contribution >= 4 is 24.0 Å². The van der Waals surface area contributed by atoms with E-state index in [0.29, 0.717) is 6.04 Å². The fraction of sp³-hybridized carbons (Fsp3) is 0.714. The van der Waals surface area contributed by atoms with Gasteiger partial charge in [-0.15, -0.1) is 11.3 Å². The second kappa shape index (κ2) is 8.17. The van der Waals surface area contributed by atoms with Crippen LogP contribution in [0.5, 0.6) is 0 Å². The maximum atomic E-state index is 4.29. The van der Waals surface area contributed by atoms with Gasteiger partial charge in [0.15, 0.2) is 0 Å². The van der Waals surface area contributed by atoms with E-state index in [1.54, 1.807) is 0 Å². The number of rotatable bonds is 8. The zero-order chi connectivity index (χ0) is 12.7. The quantitative estimate of drug-likeness (QED) is 0.701. The van der Waals surface area contributed by atoms with Gasteiger partial charge in [0, 0.05) is 10.9 Å². The van der Waals surface area contributed by atoms with Gasteiger partial charge in [0.05, 0.1) is 0 Å². The lowest BCUT2D eigenvalue weighted by atomic mass is 10.0. The average molecular weight is 271 g/mol. The molecule has 0 aliphatic rings. The van der Waals surface area contributed by atoms with Crippen molar-refractivity contribution in [2.75, 3.05) is 19.3 Å². The first-order chi connectivity index (χ1) is 8.13. The Hall–Kier alpha value is 0.01000. The predicted octanol–water partition coefficient (Wildman–Crippen LogP) is 3.96. The van der Waals surface area contributed by atoms with Gasteiger partial charge in [-0.05, 0) is 62.9 Å². The third-order valence-corrected chi connectivity index (χ3v) is 4.58. The molecule has 0 aromatic carbocycles. The van der Waals surface area contributed by atoms with Gasteiger partial charge in [-0.1, -0.05) is 13.0 Å². The molecule has 3 heteroatoms. The third-order valence-electron chi connectivity index (χ3n) is 3.43. The first-order valence-corrected chi connectivity index (χ1v) is 7.98. The Labute approximate surface area is 116 Å². The molecule has 0 bridgehead atoms. The molecule has 0 amide bonds. The molecule has 0 N–H and O–H groups in total. The first kappa shape index (κ1) is 15.1. The van der Waals surface area contributed by atoms with Crippen molar-refractivity contribution in [1.82, 2.24) is 4.90 Å². The number of hydrogen-bond donors (Lipinski definition) is 1. The van der Waals surface area contributed by atoms with E-state index in [4.69, 9.17) is 0 Å². The number of likely N-dealkylation sites (N-methyl/N-ethyl adjacent to an activating group) is 1. The number of hydrogen-bond acceptors (Lipinski definition) is 3. The van der Waals surface area contributed by atoms with Gasteiger partial charge in [0.2, 0.25) is 0 Å². The highest BCUT2D eigenvalue weighted by molar-refractivity contribution is 7.80. The number of nitrogens with zero attached hydrogens (tertiary/aromatic N) is 1. The van der Waals surface area contributed by atoms with Crippen LogP contribution in [-0.4, -0.2) is 30.3 Å². The summed E-state index contributed by atoms with van der Waals surface area (Å²) in [5.41, 5.74) is 0. The minimum atomic E-state index is 0.636. The summed E-state index contributed by atoms with van der Waals surface area (Å²) in [5.74, 6) is 1.80. The summed E-state index contributed by atoms with van der Waals surface area (Å²) in [6.07, 6.45) is 3.69. The van der Waals surface area contributed by atoms with Gasteiger partial charge < -0.3 is 4.90 Å². The SMILES string of the molecule is CC(CCS)CCN(C)C(C)Cc1cccs1. The highest BCUT2D eigenvalue weighted by atomic mass is 32.1. The zero-order valence-corrected chi connectivity index (χ0v) is 12.9. The molecule has 0 fully saturated rings. The van der Waals surface area contributed by atoms with Gasteiger partial charge in [-0.3, -0.25) is 0 Å². The molecule has 0 radical (unpaired) electrons. The Bertz CT molecular complexity index is 284. The standard InChI is InChI=1S/C14H25NS2/c1-12(7-9-16)6-8-15(3)13(2)11-14-5-4-10-17-14/h4-5,10,12-13,16H,6-9,11H2,1-3H3. The van der Waals surface area contributed by atoms with Gasteiger partial charge in [0.25, 0.3) is 0 Å². The Balaban J connectivity index is 2.24. The van der Waals surface area contributed by atoms with Gasteiger partial charge in [0.1, 0.15) is 0 Å². The predicted molar refractivity (Wildman–Crippen MR) is 82.4 cm³/mol. The van der Waals surface area contributed by atoms with E-state index in [1.807, 2.05) is 11.3 Å². The molecular formula is C14H25NS2. The van der Waals surface area contributed by atoms with Crippen LogP contribution < -0.4 is 0 Å². The smallest absolute Gasteiger partial charge is 0.0112 e. The molecule has 1 aromatic heterocycles. The molecule has 0 saturated carbocycles. The highest BCUT2D eigenvalue weighted by Crippen LogP contribution is 2.15. The molecule has 1 aromatic rings. The highest BCUT2D eigenvalue weighted by Gasteiger charge is 2.11. The van der Waals surface area contributed by atoms with Crippen molar-refractivity contribution in [2.24, 2.45) is 5.92 Å². The lowest BCUT2D eigenvalue weighted by Crippen LogP contribution is -2.32. The largest absolute Gasteiger partial charge is 0.303 e. The summed E-state index contributed by atoms with van der Waals surface area (Å²) < 4.78 is 0. The Kier molecular flexibility index (Phi) is 7.24. The van der Waals surface area contributed by atoms with Crippen LogP contribution in [0.3, 0.4) is 0 Å². The Morgan fingerprint density at radius 3 is 2.71 bits per heavy atom. The molecule has 2 unspecified atom stereocenters. The molecule has 1 rings (SSSR count). The van der Waals surface area contributed by atoms with E-state index in [9.17, 15) is 0 Å². The molecule has 98 valence electrons. The molecule has 0 spiro atoms. The molecule has 0 aliphatic heterocycles. The second-order valence-corrected chi connectivity index (χ2v) is 6.50. The first-order valence-electron chi connectivity index (χ1n) is 6.47. The fourth-order valence-corrected chi connectivity index (χ4v) is 3.15. The second-order valence-electron chi connectivity index (χ2n) is 5.02. The zero-order valence-electron chi connectivity index (χ0n) is 11.2. The maximum absolute atomic E-state index is 4.29. The van der Waals surface area contributed by atoms with E-state index in [0.717, 1.165) is 11.7 Å². The molecule has 0 saturated heterocycles. The van der Waals surface area contributed by atoms with E-state index >= 15 is 0 Å². The van der Waals surface area contributed by atoms with Crippen LogP contribution >= 0.6 is 24.0 Å². The van der Waals surface area contributed by atoms with Crippen LogP contribution in [0.25, 0.3) is 0 Å². The topological polar surface area (TPSA) is 3.24 Å². The van der Waals surface area contributed by atoms with Gasteiger partial charge >= 0.3 is 0 Å². The summed E-state index contributed by atoms with van der Waals surface area (Å²) in [5, 5.41) is 2.16. The third kappa shape index (κ3) is 5.94. The molecule has 1 heterocycles. The van der Waals surface area contributed by atoms with E-state index in [2.05, 4.69) is 55.9 Å². The van der Waals surface area contributed by atoms with Crippen molar-refractivity contribution in [3.05, 3.63) is 22.4 Å². The van der Waals surface area contributed by atoms with Crippen LogP contribution in [0.4, 0.5) is 0 Å². The molecule has 2 atom stereocenters. The summed E-state index contributed by atoms with van der Waals surface area (Å²) in [6, 6.07) is 5.01. The average Bonchev–Trinajstić information content (AvgIpc) is 2.79. The van der Waals surface area contributed by atoms with Crippen molar-refractivity contribution in [1.29, 1.82) is 0 Å². The van der Waals surface area contributed by atoms with Crippen molar-refractivity contribution in [3.8, 4) is 0 Å². The minimum absolute atomic E-state index is 0.636. The van der Waals surface area contributed by atoms with Gasteiger partial charge in [-0.2, -0.15) is 12.6 Å². The van der Waals surface area contributed by atoms with Crippen LogP contribution in [0.15, 0.2) is 17.5 Å². The van der Waals surface area contributed by atoms with Crippen LogP contribution in [0.1, 0.15) is 31.6 Å². The van der Waals surface area contributed by atoms with Gasteiger partial charge in [-0.25, -0.2) is 0 Å². The lowest BCUT2D eigenvalue weighted by Gasteiger charge is -2.25. The van der Waals surface area contributed by atoms with E-state index in [-0.39, 0.29) is 0 Å². The fourth-order valence-electron chi connectivity index (χ4n) is 1.88. The molecular weight excluding hydrogens is 246 g/mol. The summed E-state index contributed by atoms with van der Waals surface area (Å²) >= 11 is 6.16. The van der Waals surface area contributed by atoms with Crippen molar-refractivity contribution in [3.63, 3.8) is 0 Å². The van der Waals surface area contributed by atoms with Crippen LogP contribution in [0, 0.1) is 5.92 Å². The maximum Gasteiger partial charge on any atom is 0.0112 e. The summed E-state index contributed by atoms with van der Waals surface area (Å²) in [6.45, 7) is 5.85. The summed E-state index contributed by atoms with van der Waals surface area (Å²) in [4.78, 5) is 3.97. The molecule has 1 nitrogen and oxygen atoms in total. The van der Waals surface area contributed by atoms with Crippen LogP contribution in [0.2, 0.25) is 0 Å². The minimum Gasteiger partial charge on any atom is -0.303 e. The monoisotopic (exact) mass is 271 g/mol. The summed E-state index contributed by atoms with van der Waals surface area (Å²) in [7, 11) is 2.24. The molecule has 0 aliphatic carbocycles. The lowest BCUT2D eigenvalue weighted by molar-refractivity contribution is 0.239. The van der Waals surface area contributed by atoms with E-state index < -0.39 is 0 Å². The Morgan fingerprint density at radius 1 is 1.35 bits per heavy atom. The van der Waals surface area contributed by atoms with Crippen molar-refractivity contribution < 1.29 is 0 Å². The molecule has 17 heavy (non-hydrogen) atoms. The Morgan fingerprint density at radius 2 is 2.12 bits per heavy atom. The van der Waals surface area contributed by atoms with Crippen LogP contribution in [-0.2, 0) is 6.42 Å². The number of thiophene rings is 1. The number of thiol groups is 1. The normalized spacial score (nSPS) is 15.1. The van der Waals surface area contributed by atoms with E-state index in [1.165, 1.54) is 30.7 Å². The van der Waals surface area contributed by atoms with Crippen molar-refractivity contribution in [2.45, 2.75) is 39.2 Å².